The van der Waals surface area contributed by atoms with E-state index in [2.05, 4.69) is 16.1 Å². The highest BCUT2D eigenvalue weighted by Crippen LogP contribution is 2.24. The second kappa shape index (κ2) is 7.05. The van der Waals surface area contributed by atoms with Gasteiger partial charge in [-0.15, -0.1) is 9.19 Å². The van der Waals surface area contributed by atoms with Crippen LogP contribution in [0, 0.1) is 13.8 Å². The van der Waals surface area contributed by atoms with Crippen LogP contribution in [0.1, 0.15) is 11.4 Å². The van der Waals surface area contributed by atoms with Gasteiger partial charge in [-0.3, -0.25) is 0 Å². The Morgan fingerprint density at radius 1 is 0.750 bits per heavy atom. The van der Waals surface area contributed by atoms with E-state index in [0.717, 1.165) is 26.3 Å². The second-order valence-electron chi connectivity index (χ2n) is 6.59. The topological polar surface area (TPSA) is 64.8 Å². The molecule has 0 saturated carbocycles. The summed E-state index contributed by atoms with van der Waals surface area (Å²) in [5.74, 6) is 0.708. The molecule has 0 amide bonds. The van der Waals surface area contributed by atoms with E-state index >= 15 is 0 Å². The van der Waals surface area contributed by atoms with Gasteiger partial charge in [-0.05, 0) is 37.1 Å². The fourth-order valence-corrected chi connectivity index (χ4v) is 4.31. The summed E-state index contributed by atoms with van der Waals surface area (Å²) in [6, 6.07) is 24.2. The summed E-state index contributed by atoms with van der Waals surface area (Å²) < 4.78 is 27.1. The van der Waals surface area contributed by atoms with E-state index in [1.54, 1.807) is 19.1 Å². The third-order valence-corrected chi connectivity index (χ3v) is 6.16. The van der Waals surface area contributed by atoms with Gasteiger partial charge in [0.1, 0.15) is 5.82 Å². The fourth-order valence-electron chi connectivity index (χ4n) is 3.06. The molecule has 3 aromatic carbocycles. The average Bonchev–Trinajstić information content (AvgIpc) is 3.11. The lowest BCUT2D eigenvalue weighted by atomic mass is 10.0. The Morgan fingerprint density at radius 3 is 2.11 bits per heavy atom. The zero-order valence-corrected chi connectivity index (χ0v) is 16.4. The zero-order chi connectivity index (χ0) is 19.7. The molecule has 0 radical (unpaired) electrons. The Labute approximate surface area is 164 Å². The number of hydrogen-bond acceptors (Lipinski definition) is 4. The molecule has 0 fully saturated rings. The molecule has 0 spiro atoms. The van der Waals surface area contributed by atoms with Crippen LogP contribution in [0.5, 0.6) is 0 Å². The van der Waals surface area contributed by atoms with E-state index in [4.69, 9.17) is 0 Å². The first kappa shape index (κ1) is 18.1. The van der Waals surface area contributed by atoms with Crippen molar-refractivity contribution >= 4 is 10.0 Å². The van der Waals surface area contributed by atoms with Crippen molar-refractivity contribution in [2.45, 2.75) is 18.7 Å². The molecule has 0 saturated heterocycles. The van der Waals surface area contributed by atoms with Crippen LogP contribution in [0.15, 0.2) is 83.8 Å². The Morgan fingerprint density at radius 2 is 1.43 bits per heavy atom. The highest BCUT2D eigenvalue weighted by Gasteiger charge is 2.22. The molecule has 0 N–H and O–H groups in total. The summed E-state index contributed by atoms with van der Waals surface area (Å²) in [4.78, 5) is 4.50. The van der Waals surface area contributed by atoms with Gasteiger partial charge in [0.2, 0.25) is 0 Å². The van der Waals surface area contributed by atoms with Crippen molar-refractivity contribution in [3.05, 3.63) is 90.3 Å². The second-order valence-corrected chi connectivity index (χ2v) is 8.36. The van der Waals surface area contributed by atoms with E-state index in [1.165, 1.54) is 0 Å². The first-order chi connectivity index (χ1) is 13.4. The Hall–Kier alpha value is -3.25. The molecule has 0 aliphatic carbocycles. The van der Waals surface area contributed by atoms with Gasteiger partial charge in [0.05, 0.1) is 4.90 Å². The molecule has 0 atom stereocenters. The van der Waals surface area contributed by atoms with E-state index in [-0.39, 0.29) is 4.90 Å². The van der Waals surface area contributed by atoms with Gasteiger partial charge in [-0.1, -0.05) is 72.3 Å². The van der Waals surface area contributed by atoms with E-state index < -0.39 is 10.0 Å². The van der Waals surface area contributed by atoms with Gasteiger partial charge in [0.25, 0.3) is 10.0 Å². The van der Waals surface area contributed by atoms with Crippen LogP contribution in [0.2, 0.25) is 0 Å². The number of rotatable bonds is 4. The van der Waals surface area contributed by atoms with Crippen molar-refractivity contribution < 1.29 is 8.42 Å². The van der Waals surface area contributed by atoms with Gasteiger partial charge in [0, 0.05) is 5.56 Å². The van der Waals surface area contributed by atoms with Crippen LogP contribution in [0.25, 0.3) is 22.5 Å². The molecule has 0 aliphatic heterocycles. The third-order valence-electron chi connectivity index (χ3n) is 4.49. The van der Waals surface area contributed by atoms with Crippen LogP contribution in [-0.2, 0) is 10.0 Å². The van der Waals surface area contributed by atoms with Gasteiger partial charge in [-0.2, -0.15) is 8.42 Å². The molecule has 0 bridgehead atoms. The molecule has 5 nitrogen and oxygen atoms in total. The van der Waals surface area contributed by atoms with E-state index in [1.807, 2.05) is 67.6 Å². The van der Waals surface area contributed by atoms with Gasteiger partial charge in [-0.25, -0.2) is 4.98 Å². The highest BCUT2D eigenvalue weighted by molar-refractivity contribution is 7.89. The van der Waals surface area contributed by atoms with Gasteiger partial charge >= 0.3 is 0 Å². The van der Waals surface area contributed by atoms with Crippen LogP contribution in [-0.4, -0.2) is 22.6 Å². The molecular weight excluding hydrogens is 370 g/mol. The molecule has 1 aromatic heterocycles. The maximum atomic E-state index is 13.1. The number of nitrogens with zero attached hydrogens (tertiary/aromatic N) is 3. The molecule has 4 rings (SSSR count). The van der Waals surface area contributed by atoms with Crippen molar-refractivity contribution in [1.82, 2.24) is 14.2 Å². The molecule has 140 valence electrons. The highest BCUT2D eigenvalue weighted by atomic mass is 32.2. The predicted molar refractivity (Wildman–Crippen MR) is 109 cm³/mol. The maximum Gasteiger partial charge on any atom is 0.284 e. The van der Waals surface area contributed by atoms with E-state index in [0.29, 0.717) is 11.6 Å². The van der Waals surface area contributed by atoms with Crippen LogP contribution in [0.4, 0.5) is 0 Å². The van der Waals surface area contributed by atoms with Crippen LogP contribution < -0.4 is 0 Å². The lowest BCUT2D eigenvalue weighted by Gasteiger charge is -2.07. The lowest BCUT2D eigenvalue weighted by Crippen LogP contribution is -2.16. The predicted octanol–water partition coefficient (Wildman–Crippen LogP) is 4.47. The molecule has 28 heavy (non-hydrogen) atoms. The molecular formula is C22H19N3O2S. The lowest BCUT2D eigenvalue weighted by molar-refractivity contribution is 0.578. The Balaban J connectivity index is 1.70. The average molecular weight is 389 g/mol. The number of benzene rings is 3. The summed E-state index contributed by atoms with van der Waals surface area (Å²) in [6.45, 7) is 3.66. The zero-order valence-electron chi connectivity index (χ0n) is 15.6. The normalized spacial score (nSPS) is 11.5. The van der Waals surface area contributed by atoms with E-state index in [9.17, 15) is 8.42 Å². The minimum absolute atomic E-state index is 0.177. The van der Waals surface area contributed by atoms with Crippen molar-refractivity contribution in [2.24, 2.45) is 0 Å². The van der Waals surface area contributed by atoms with Crippen LogP contribution >= 0.6 is 0 Å². The smallest absolute Gasteiger partial charge is 0.211 e. The molecule has 1 heterocycles. The Kier molecular flexibility index (Phi) is 4.57. The largest absolute Gasteiger partial charge is 0.284 e. The summed E-state index contributed by atoms with van der Waals surface area (Å²) in [7, 11) is -3.82. The van der Waals surface area contributed by atoms with Crippen molar-refractivity contribution in [3.8, 4) is 22.5 Å². The first-order valence-electron chi connectivity index (χ1n) is 8.87. The molecule has 0 unspecified atom stereocenters. The third kappa shape index (κ3) is 3.34. The number of aromatic nitrogens is 3. The SMILES string of the molecule is Cc1cccc(-c2ccc(S(=O)(=O)n3nc(-c4ccccc4)nc3C)cc2)c1. The number of aryl methyl sites for hydroxylation is 2. The molecule has 0 aliphatic rings. The van der Waals surface area contributed by atoms with Crippen molar-refractivity contribution in [2.75, 3.05) is 0 Å². The summed E-state index contributed by atoms with van der Waals surface area (Å²) in [5.41, 5.74) is 3.94. The molecule has 6 heteroatoms. The van der Waals surface area contributed by atoms with Gasteiger partial charge in [0.15, 0.2) is 5.82 Å². The minimum atomic E-state index is -3.82. The molecule has 4 aromatic rings. The quantitative estimate of drug-likeness (QED) is 0.517. The number of hydrogen-bond donors (Lipinski definition) is 0. The van der Waals surface area contributed by atoms with Crippen molar-refractivity contribution in [3.63, 3.8) is 0 Å². The minimum Gasteiger partial charge on any atom is -0.211 e. The monoisotopic (exact) mass is 389 g/mol. The summed E-state index contributed by atoms with van der Waals surface area (Å²) in [5, 5.41) is 4.24. The van der Waals surface area contributed by atoms with Gasteiger partial charge < -0.3 is 0 Å². The van der Waals surface area contributed by atoms with Crippen molar-refractivity contribution in [1.29, 1.82) is 0 Å². The fraction of sp³-hybridized carbons (Fsp3) is 0.0909. The first-order valence-corrected chi connectivity index (χ1v) is 10.3. The summed E-state index contributed by atoms with van der Waals surface area (Å²) >= 11 is 0. The standard InChI is InChI=1S/C22H19N3O2S/c1-16-7-6-10-20(15-16)18-11-13-21(14-12-18)28(26,27)25-17(2)23-22(24-25)19-8-4-3-5-9-19/h3-15H,1-2H3. The summed E-state index contributed by atoms with van der Waals surface area (Å²) in [6.07, 6.45) is 0. The Bertz CT molecular complexity index is 1230. The maximum absolute atomic E-state index is 13.1. The van der Waals surface area contributed by atoms with Crippen LogP contribution in [0.3, 0.4) is 0 Å².